The molecule has 0 aromatic heterocycles. The summed E-state index contributed by atoms with van der Waals surface area (Å²) < 4.78 is 0. The van der Waals surface area contributed by atoms with Crippen LogP contribution in [-0.4, -0.2) is 6.88 Å². The van der Waals surface area contributed by atoms with E-state index >= 15 is 0 Å². The summed E-state index contributed by atoms with van der Waals surface area (Å²) in [6, 6.07) is 40.0. The fourth-order valence-electron chi connectivity index (χ4n) is 5.11. The molecule has 0 N–H and O–H groups in total. The SMILES string of the molecule is CCc1ccc(-c2cccc3[cH-]c(C)cc23)cc1.CCc1ccc(-c2cccc3[cH-]c(C)cc23)cc1.[CH3-].[CH3-].[CH3-].[CH3-].[Si]=[Zr]. The summed E-state index contributed by atoms with van der Waals surface area (Å²) in [5.41, 5.74) is 10.7. The van der Waals surface area contributed by atoms with Crippen LogP contribution in [0.5, 0.6) is 0 Å². The van der Waals surface area contributed by atoms with Crippen LogP contribution < -0.4 is 0 Å². The molecule has 2 heteroatoms. The Morgan fingerprint density at radius 3 is 1.17 bits per heavy atom. The van der Waals surface area contributed by atoms with Gasteiger partial charge < -0.3 is 29.7 Å². The molecular weight excluding hydrogens is 600 g/mol. The van der Waals surface area contributed by atoms with Gasteiger partial charge in [0.1, 0.15) is 0 Å². The van der Waals surface area contributed by atoms with E-state index in [2.05, 4.69) is 144 Å². The molecule has 0 heterocycles. The van der Waals surface area contributed by atoms with E-state index in [-0.39, 0.29) is 29.7 Å². The summed E-state index contributed by atoms with van der Waals surface area (Å²) in [6.45, 7) is 11.8. The number of benzene rings is 4. The number of hydrogen-bond donors (Lipinski definition) is 0. The first-order valence-corrected chi connectivity index (χ1v) is 17.5. The van der Waals surface area contributed by atoms with Gasteiger partial charge in [0, 0.05) is 0 Å². The number of aryl methyl sites for hydroxylation is 4. The summed E-state index contributed by atoms with van der Waals surface area (Å²) in [6.07, 6.45) is 2.19. The van der Waals surface area contributed by atoms with Gasteiger partial charge in [-0.05, 0) is 35.1 Å². The van der Waals surface area contributed by atoms with Crippen LogP contribution in [0.4, 0.5) is 0 Å². The number of fused-ring (bicyclic) bond motifs is 2. The predicted octanol–water partition coefficient (Wildman–Crippen LogP) is 11.6. The van der Waals surface area contributed by atoms with Gasteiger partial charge in [-0.15, -0.1) is 69.1 Å². The molecule has 0 spiro atoms. The Morgan fingerprint density at radius 2 is 0.857 bits per heavy atom. The van der Waals surface area contributed by atoms with Crippen molar-refractivity contribution in [2.24, 2.45) is 0 Å². The zero-order valence-electron chi connectivity index (χ0n) is 26.8. The first-order chi connectivity index (χ1) is 18.6. The summed E-state index contributed by atoms with van der Waals surface area (Å²) in [5, 5.41) is 5.40. The van der Waals surface area contributed by atoms with E-state index in [1.165, 1.54) is 89.4 Å². The molecule has 0 atom stereocenters. The number of hydrogen-bond acceptors (Lipinski definition) is 0. The Hall–Kier alpha value is -2.80. The van der Waals surface area contributed by atoms with Crippen LogP contribution in [0, 0.1) is 43.6 Å². The molecule has 6 aromatic rings. The molecule has 0 fully saturated rings. The standard InChI is InChI=1S/2C18H17.4CH3.Si.Zr/c2*1-3-14-7-9-15(10-8-14)17-6-4-5-16-11-13(2)12-18(16)17;;;;;;/h2*4-12H,3H2,1-2H3;4*1H3;;/q6*-1;;. The van der Waals surface area contributed by atoms with Crippen molar-refractivity contribution in [2.75, 3.05) is 0 Å². The van der Waals surface area contributed by atoms with Crippen LogP contribution in [-0.2, 0) is 36.2 Å². The predicted molar refractivity (Wildman–Crippen MR) is 190 cm³/mol. The van der Waals surface area contributed by atoms with E-state index < -0.39 is 0 Å². The second kappa shape index (κ2) is 18.7. The fourth-order valence-corrected chi connectivity index (χ4v) is 5.11. The Labute approximate surface area is 274 Å². The summed E-state index contributed by atoms with van der Waals surface area (Å²) >= 11 is 1.36. The molecule has 6 rings (SSSR count). The monoisotopic (exact) mass is 644 g/mol. The average Bonchev–Trinajstić information content (AvgIpc) is 3.55. The van der Waals surface area contributed by atoms with Gasteiger partial charge in [0.25, 0.3) is 0 Å². The summed E-state index contributed by atoms with van der Waals surface area (Å²) in [7, 11) is 0. The molecular formula is C40H46SiZr-6. The molecule has 0 aliphatic carbocycles. The second-order valence-electron chi connectivity index (χ2n) is 9.78. The molecule has 2 radical (unpaired) electrons. The van der Waals surface area contributed by atoms with E-state index in [1.54, 1.807) is 0 Å². The molecule has 0 bridgehead atoms. The van der Waals surface area contributed by atoms with Crippen molar-refractivity contribution in [1.82, 2.24) is 0 Å². The zero-order chi connectivity index (χ0) is 27.1. The van der Waals surface area contributed by atoms with Gasteiger partial charge >= 0.3 is 30.2 Å². The molecule has 0 aliphatic heterocycles. The van der Waals surface area contributed by atoms with Gasteiger partial charge in [-0.1, -0.05) is 99.5 Å². The van der Waals surface area contributed by atoms with Gasteiger partial charge in [-0.2, -0.15) is 12.1 Å². The Kier molecular flexibility index (Phi) is 17.4. The van der Waals surface area contributed by atoms with Gasteiger partial charge in [-0.3, -0.25) is 0 Å². The Balaban J connectivity index is 0.000000694. The second-order valence-corrected chi connectivity index (χ2v) is 9.78. The normalized spacial score (nSPS) is 9.50. The van der Waals surface area contributed by atoms with Crippen molar-refractivity contribution < 1.29 is 23.3 Å². The van der Waals surface area contributed by atoms with Crippen molar-refractivity contribution in [3.63, 3.8) is 0 Å². The van der Waals surface area contributed by atoms with Crippen molar-refractivity contribution in [3.05, 3.63) is 161 Å². The molecule has 0 saturated heterocycles. The van der Waals surface area contributed by atoms with Crippen LogP contribution in [0.15, 0.2) is 109 Å². The molecule has 42 heavy (non-hydrogen) atoms. The summed E-state index contributed by atoms with van der Waals surface area (Å²) in [5.74, 6) is 0. The third kappa shape index (κ3) is 9.10. The molecule has 0 amide bonds. The van der Waals surface area contributed by atoms with E-state index in [0.29, 0.717) is 0 Å². The molecule has 6 aromatic carbocycles. The minimum atomic E-state index is 0. The minimum absolute atomic E-state index is 0. The molecule has 0 unspecified atom stereocenters. The molecule has 0 aliphatic rings. The average molecular weight is 646 g/mol. The van der Waals surface area contributed by atoms with E-state index in [0.717, 1.165) is 12.8 Å². The molecule has 220 valence electrons. The maximum absolute atomic E-state index is 3.06. The van der Waals surface area contributed by atoms with E-state index in [9.17, 15) is 0 Å². The van der Waals surface area contributed by atoms with Gasteiger partial charge in [-0.25, -0.2) is 0 Å². The fraction of sp³-hybridized carbons (Fsp3) is 0.150. The van der Waals surface area contributed by atoms with Crippen molar-refractivity contribution in [2.45, 2.75) is 40.5 Å². The first kappa shape index (κ1) is 39.2. The first-order valence-electron chi connectivity index (χ1n) is 13.3. The third-order valence-electron chi connectivity index (χ3n) is 7.14. The van der Waals surface area contributed by atoms with Crippen molar-refractivity contribution >= 4 is 28.4 Å². The van der Waals surface area contributed by atoms with Crippen LogP contribution in [0.25, 0.3) is 43.8 Å². The van der Waals surface area contributed by atoms with Gasteiger partial charge in [0.15, 0.2) is 0 Å². The quantitative estimate of drug-likeness (QED) is 0.132. The molecule has 0 saturated carbocycles. The van der Waals surface area contributed by atoms with Gasteiger partial charge in [0.2, 0.25) is 0 Å². The number of rotatable bonds is 4. The van der Waals surface area contributed by atoms with E-state index in [4.69, 9.17) is 0 Å². The maximum atomic E-state index is 3.06. The van der Waals surface area contributed by atoms with Crippen LogP contribution in [0.1, 0.15) is 36.1 Å². The zero-order valence-corrected chi connectivity index (χ0v) is 30.3. The van der Waals surface area contributed by atoms with Crippen LogP contribution in [0.3, 0.4) is 0 Å². The van der Waals surface area contributed by atoms with Crippen molar-refractivity contribution in [1.29, 1.82) is 0 Å². The summed E-state index contributed by atoms with van der Waals surface area (Å²) in [4.78, 5) is 0. The Bertz CT molecular complexity index is 1490. The molecule has 0 nitrogen and oxygen atoms in total. The topological polar surface area (TPSA) is 0 Å². The third-order valence-corrected chi connectivity index (χ3v) is 7.14. The van der Waals surface area contributed by atoms with Crippen molar-refractivity contribution in [3.8, 4) is 22.3 Å². The van der Waals surface area contributed by atoms with Crippen LogP contribution >= 0.6 is 0 Å². The van der Waals surface area contributed by atoms with E-state index in [1.807, 2.05) is 0 Å². The Morgan fingerprint density at radius 1 is 0.524 bits per heavy atom. The van der Waals surface area contributed by atoms with Crippen LogP contribution in [0.2, 0.25) is 0 Å². The van der Waals surface area contributed by atoms with Gasteiger partial charge in [0.05, 0.1) is 0 Å².